The Bertz CT molecular complexity index is 1130. The fourth-order valence-corrected chi connectivity index (χ4v) is 4.20. The summed E-state index contributed by atoms with van der Waals surface area (Å²) >= 11 is 0. The van der Waals surface area contributed by atoms with E-state index in [1.807, 2.05) is 48.2 Å². The molecule has 1 fully saturated rings. The molecule has 1 saturated heterocycles. The number of piperazine rings is 1. The van der Waals surface area contributed by atoms with Crippen molar-refractivity contribution < 1.29 is 45.8 Å². The van der Waals surface area contributed by atoms with E-state index in [0.29, 0.717) is 36.9 Å². The third kappa shape index (κ3) is 10.8. The zero-order chi connectivity index (χ0) is 31.7. The largest absolute Gasteiger partial charge is 0.490 e. The van der Waals surface area contributed by atoms with E-state index in [1.165, 1.54) is 12.1 Å². The molecule has 0 saturated carbocycles. The molecule has 234 valence electrons. The summed E-state index contributed by atoms with van der Waals surface area (Å²) in [6, 6.07) is 12.7. The van der Waals surface area contributed by atoms with E-state index in [1.54, 1.807) is 0 Å². The van der Waals surface area contributed by atoms with Crippen molar-refractivity contribution in [3.05, 3.63) is 65.2 Å². The van der Waals surface area contributed by atoms with E-state index >= 15 is 0 Å². The van der Waals surface area contributed by atoms with Crippen molar-refractivity contribution in [2.45, 2.75) is 51.2 Å². The minimum Gasteiger partial charge on any atom is -0.486 e. The quantitative estimate of drug-likeness (QED) is 0.356. The molecular formula is C29H37F6N3O4. The van der Waals surface area contributed by atoms with Gasteiger partial charge in [0, 0.05) is 50.7 Å². The highest BCUT2D eigenvalue weighted by Crippen LogP contribution is 2.32. The summed E-state index contributed by atoms with van der Waals surface area (Å²) in [5.41, 5.74) is 0.805. The molecule has 1 N–H and O–H groups in total. The van der Waals surface area contributed by atoms with Gasteiger partial charge in [-0.25, -0.2) is 4.79 Å². The number of aliphatic carboxylic acids is 1. The third-order valence-corrected chi connectivity index (χ3v) is 6.89. The maximum atomic E-state index is 13.0. The number of carboxylic acids is 1. The van der Waals surface area contributed by atoms with Crippen LogP contribution in [-0.2, 0) is 11.0 Å². The zero-order valence-electron chi connectivity index (χ0n) is 24.0. The van der Waals surface area contributed by atoms with Crippen molar-refractivity contribution >= 4 is 11.9 Å². The Morgan fingerprint density at radius 1 is 0.929 bits per heavy atom. The number of carbonyl (C=O) groups is 2. The van der Waals surface area contributed by atoms with E-state index in [4.69, 9.17) is 14.6 Å². The van der Waals surface area contributed by atoms with Gasteiger partial charge >= 0.3 is 18.3 Å². The number of nitrogens with zero attached hydrogens (tertiary/aromatic N) is 3. The Kier molecular flexibility index (Phi) is 12.7. The second kappa shape index (κ2) is 15.2. The van der Waals surface area contributed by atoms with Gasteiger partial charge in [-0.2, -0.15) is 26.3 Å². The number of amides is 1. The highest BCUT2D eigenvalue weighted by molar-refractivity contribution is 5.94. The first-order valence-corrected chi connectivity index (χ1v) is 13.4. The number of rotatable bonds is 9. The first-order chi connectivity index (χ1) is 19.5. The molecule has 13 heteroatoms. The fourth-order valence-electron chi connectivity index (χ4n) is 4.20. The molecule has 1 aliphatic heterocycles. The van der Waals surface area contributed by atoms with Crippen LogP contribution in [0.25, 0.3) is 0 Å². The highest BCUT2D eigenvalue weighted by atomic mass is 19.4. The van der Waals surface area contributed by atoms with Gasteiger partial charge in [-0.15, -0.1) is 0 Å². The Hall–Kier alpha value is -3.32. The number of carbonyl (C=O) groups excluding carboxylic acids is 1. The zero-order valence-corrected chi connectivity index (χ0v) is 24.0. The molecule has 0 aromatic heterocycles. The standard InChI is InChI=1S/C27H36F3N3O2.C2HF3O2/c1-5-20(2)32-16-18-33(19-17-32)26(34)22-8-6-21(7-9-22)25(14-15-31(3)4)35-24-12-10-23(11-13-24)27(28,29)30;3-2(4,5)1(6)7/h6-13,20,25H,5,14-19H2,1-4H3;(H,6,7). The lowest BCUT2D eigenvalue weighted by atomic mass is 10.0. The smallest absolute Gasteiger partial charge is 0.486 e. The van der Waals surface area contributed by atoms with Gasteiger partial charge < -0.3 is 19.6 Å². The van der Waals surface area contributed by atoms with Gasteiger partial charge in [-0.3, -0.25) is 9.69 Å². The van der Waals surface area contributed by atoms with Crippen LogP contribution in [0.4, 0.5) is 26.3 Å². The molecule has 1 amide bonds. The first-order valence-electron chi connectivity index (χ1n) is 13.4. The minimum absolute atomic E-state index is 0.0221. The minimum atomic E-state index is -5.08. The van der Waals surface area contributed by atoms with Gasteiger partial charge in [0.15, 0.2) is 0 Å². The van der Waals surface area contributed by atoms with Gasteiger partial charge in [-0.05, 0) is 69.4 Å². The van der Waals surface area contributed by atoms with Gasteiger partial charge in [0.25, 0.3) is 5.91 Å². The predicted molar refractivity (Wildman–Crippen MR) is 145 cm³/mol. The van der Waals surface area contributed by atoms with Crippen LogP contribution >= 0.6 is 0 Å². The van der Waals surface area contributed by atoms with E-state index in [9.17, 15) is 31.1 Å². The van der Waals surface area contributed by atoms with Crippen molar-refractivity contribution in [3.8, 4) is 5.75 Å². The summed E-state index contributed by atoms with van der Waals surface area (Å²) < 4.78 is 76.5. The van der Waals surface area contributed by atoms with Crippen molar-refractivity contribution in [1.29, 1.82) is 0 Å². The SMILES string of the molecule is CCC(C)N1CCN(C(=O)c2ccc(C(CCN(C)C)Oc3ccc(C(F)(F)F)cc3)cc2)CC1.O=C(O)C(F)(F)F. The number of ether oxygens (including phenoxy) is 1. The van der Waals surface area contributed by atoms with Crippen LogP contribution in [0.1, 0.15) is 54.3 Å². The molecule has 7 nitrogen and oxygen atoms in total. The first kappa shape index (κ1) is 34.9. The normalized spacial score (nSPS) is 15.9. The lowest BCUT2D eigenvalue weighted by Gasteiger charge is -2.37. The van der Waals surface area contributed by atoms with E-state index in [0.717, 1.165) is 43.8 Å². The lowest BCUT2D eigenvalue weighted by molar-refractivity contribution is -0.192. The molecule has 42 heavy (non-hydrogen) atoms. The number of carboxylic acid groups (broad SMARTS) is 1. The monoisotopic (exact) mass is 605 g/mol. The fraction of sp³-hybridized carbons (Fsp3) is 0.517. The summed E-state index contributed by atoms with van der Waals surface area (Å²) in [6.07, 6.45) is -8.07. The Labute approximate surface area is 241 Å². The average molecular weight is 606 g/mol. The molecule has 3 rings (SSSR count). The summed E-state index contributed by atoms with van der Waals surface area (Å²) in [4.78, 5) is 28.3. The van der Waals surface area contributed by atoms with Crippen LogP contribution in [0.3, 0.4) is 0 Å². The van der Waals surface area contributed by atoms with Crippen LogP contribution in [0.5, 0.6) is 5.75 Å². The second-order valence-electron chi connectivity index (χ2n) is 10.2. The van der Waals surface area contributed by atoms with Crippen LogP contribution in [0.2, 0.25) is 0 Å². The molecule has 0 bridgehead atoms. The molecule has 2 atom stereocenters. The summed E-state index contributed by atoms with van der Waals surface area (Å²) in [6.45, 7) is 8.33. The van der Waals surface area contributed by atoms with Crippen molar-refractivity contribution in [2.75, 3.05) is 46.8 Å². The highest BCUT2D eigenvalue weighted by Gasteiger charge is 2.38. The number of halogens is 6. The lowest BCUT2D eigenvalue weighted by Crippen LogP contribution is -2.51. The molecule has 2 aromatic carbocycles. The van der Waals surface area contributed by atoms with E-state index in [-0.39, 0.29) is 12.0 Å². The number of alkyl halides is 6. The molecule has 1 heterocycles. The van der Waals surface area contributed by atoms with Crippen LogP contribution in [0.15, 0.2) is 48.5 Å². The Morgan fingerprint density at radius 2 is 1.45 bits per heavy atom. The van der Waals surface area contributed by atoms with Crippen LogP contribution in [0, 0.1) is 0 Å². The Morgan fingerprint density at radius 3 is 1.88 bits per heavy atom. The van der Waals surface area contributed by atoms with Crippen molar-refractivity contribution in [1.82, 2.24) is 14.7 Å². The maximum Gasteiger partial charge on any atom is 0.490 e. The van der Waals surface area contributed by atoms with Gasteiger partial charge in [-0.1, -0.05) is 19.1 Å². The summed E-state index contributed by atoms with van der Waals surface area (Å²) in [5.74, 6) is -2.36. The number of hydrogen-bond acceptors (Lipinski definition) is 5. The van der Waals surface area contributed by atoms with E-state index in [2.05, 4.69) is 18.7 Å². The van der Waals surface area contributed by atoms with Crippen LogP contribution < -0.4 is 4.74 Å². The van der Waals surface area contributed by atoms with Crippen LogP contribution in [-0.4, -0.2) is 90.7 Å². The average Bonchev–Trinajstić information content (AvgIpc) is 2.94. The summed E-state index contributed by atoms with van der Waals surface area (Å²) in [7, 11) is 3.91. The van der Waals surface area contributed by atoms with Gasteiger partial charge in [0.05, 0.1) is 5.56 Å². The Balaban J connectivity index is 0.000000782. The number of hydrogen-bond donors (Lipinski definition) is 1. The maximum absolute atomic E-state index is 13.0. The van der Waals surface area contributed by atoms with Crippen molar-refractivity contribution in [2.24, 2.45) is 0 Å². The molecule has 0 radical (unpaired) electrons. The molecule has 0 spiro atoms. The molecule has 2 unspecified atom stereocenters. The third-order valence-electron chi connectivity index (χ3n) is 6.89. The van der Waals surface area contributed by atoms with Gasteiger partial charge in [0.1, 0.15) is 11.9 Å². The second-order valence-corrected chi connectivity index (χ2v) is 10.2. The molecule has 1 aliphatic rings. The molecular weight excluding hydrogens is 568 g/mol. The predicted octanol–water partition coefficient (Wildman–Crippen LogP) is 5.97. The summed E-state index contributed by atoms with van der Waals surface area (Å²) in [5, 5.41) is 7.12. The van der Waals surface area contributed by atoms with E-state index < -0.39 is 23.9 Å². The topological polar surface area (TPSA) is 73.3 Å². The van der Waals surface area contributed by atoms with Crippen molar-refractivity contribution in [3.63, 3.8) is 0 Å². The number of benzene rings is 2. The molecule has 2 aromatic rings. The molecule has 0 aliphatic carbocycles. The van der Waals surface area contributed by atoms with Gasteiger partial charge in [0.2, 0.25) is 0 Å².